The topological polar surface area (TPSA) is 93.7 Å². The van der Waals surface area contributed by atoms with Crippen LogP contribution >= 0.6 is 0 Å². The standard InChI is InChI=1S/C23H22N2O5S/c1-29-19-11-14-21(22(16-19)30-2)25-31(27,28)20-12-9-18(10-13-20)24-23(26)15-8-17-6-4-3-5-7-17/h3-16,25H,1-2H3,(H,24,26). The fourth-order valence-electron chi connectivity index (χ4n) is 2.72. The molecule has 1 amide bonds. The van der Waals surface area contributed by atoms with Gasteiger partial charge in [0.25, 0.3) is 10.0 Å². The van der Waals surface area contributed by atoms with Gasteiger partial charge in [0.1, 0.15) is 11.5 Å². The Labute approximate surface area is 181 Å². The Morgan fingerprint density at radius 1 is 0.903 bits per heavy atom. The van der Waals surface area contributed by atoms with E-state index in [1.54, 1.807) is 24.3 Å². The summed E-state index contributed by atoms with van der Waals surface area (Å²) in [6.45, 7) is 0. The van der Waals surface area contributed by atoms with Gasteiger partial charge in [0.15, 0.2) is 0 Å². The van der Waals surface area contributed by atoms with Crippen LogP contribution in [0.3, 0.4) is 0 Å². The second-order valence-corrected chi connectivity index (χ2v) is 8.11. The number of sulfonamides is 1. The van der Waals surface area contributed by atoms with E-state index in [2.05, 4.69) is 10.0 Å². The Hall–Kier alpha value is -3.78. The normalized spacial score (nSPS) is 11.2. The summed E-state index contributed by atoms with van der Waals surface area (Å²) in [5.74, 6) is 0.554. The van der Waals surface area contributed by atoms with Gasteiger partial charge in [-0.25, -0.2) is 8.42 Å². The molecule has 7 nitrogen and oxygen atoms in total. The van der Waals surface area contributed by atoms with Crippen LogP contribution in [-0.2, 0) is 14.8 Å². The minimum absolute atomic E-state index is 0.0446. The Bertz CT molecular complexity index is 1170. The van der Waals surface area contributed by atoms with Crippen molar-refractivity contribution in [3.05, 3.63) is 84.4 Å². The number of anilines is 2. The van der Waals surface area contributed by atoms with Gasteiger partial charge < -0.3 is 14.8 Å². The van der Waals surface area contributed by atoms with Crippen LogP contribution in [0.2, 0.25) is 0 Å². The van der Waals surface area contributed by atoms with Crippen LogP contribution < -0.4 is 19.5 Å². The highest BCUT2D eigenvalue weighted by Gasteiger charge is 2.17. The monoisotopic (exact) mass is 438 g/mol. The van der Waals surface area contributed by atoms with Gasteiger partial charge in [-0.1, -0.05) is 30.3 Å². The van der Waals surface area contributed by atoms with Crippen molar-refractivity contribution >= 4 is 33.4 Å². The quantitative estimate of drug-likeness (QED) is 0.515. The van der Waals surface area contributed by atoms with Crippen LogP contribution in [0.1, 0.15) is 5.56 Å². The predicted octanol–water partition coefficient (Wildman–Crippen LogP) is 4.16. The van der Waals surface area contributed by atoms with Crippen molar-refractivity contribution in [3.63, 3.8) is 0 Å². The molecule has 0 heterocycles. The average molecular weight is 439 g/mol. The molecule has 0 saturated heterocycles. The summed E-state index contributed by atoms with van der Waals surface area (Å²) in [5, 5.41) is 2.70. The van der Waals surface area contributed by atoms with Crippen molar-refractivity contribution in [2.24, 2.45) is 0 Å². The molecule has 0 saturated carbocycles. The first-order chi connectivity index (χ1) is 14.9. The highest BCUT2D eigenvalue weighted by molar-refractivity contribution is 7.92. The largest absolute Gasteiger partial charge is 0.497 e. The molecule has 0 bridgehead atoms. The van der Waals surface area contributed by atoms with Gasteiger partial charge >= 0.3 is 0 Å². The molecule has 8 heteroatoms. The maximum atomic E-state index is 12.7. The first-order valence-electron chi connectivity index (χ1n) is 9.30. The molecule has 0 unspecified atom stereocenters. The number of amides is 1. The van der Waals surface area contributed by atoms with Crippen LogP contribution in [0.25, 0.3) is 6.08 Å². The van der Waals surface area contributed by atoms with Crippen LogP contribution in [0.15, 0.2) is 83.8 Å². The summed E-state index contributed by atoms with van der Waals surface area (Å²) in [6.07, 6.45) is 3.11. The van der Waals surface area contributed by atoms with Crippen molar-refractivity contribution in [2.75, 3.05) is 24.3 Å². The van der Waals surface area contributed by atoms with Gasteiger partial charge in [0.2, 0.25) is 5.91 Å². The van der Waals surface area contributed by atoms with Crippen molar-refractivity contribution in [1.82, 2.24) is 0 Å². The highest BCUT2D eigenvalue weighted by atomic mass is 32.2. The molecular formula is C23H22N2O5S. The predicted molar refractivity (Wildman–Crippen MR) is 121 cm³/mol. The molecule has 31 heavy (non-hydrogen) atoms. The van der Waals surface area contributed by atoms with Crippen molar-refractivity contribution in [2.45, 2.75) is 4.90 Å². The molecule has 0 aliphatic heterocycles. The lowest BCUT2D eigenvalue weighted by atomic mass is 10.2. The molecule has 3 aromatic rings. The molecule has 0 radical (unpaired) electrons. The van der Waals surface area contributed by atoms with E-state index >= 15 is 0 Å². The third kappa shape index (κ3) is 5.86. The Morgan fingerprint density at radius 3 is 2.26 bits per heavy atom. The summed E-state index contributed by atoms with van der Waals surface area (Å²) in [6, 6.07) is 20.1. The van der Waals surface area contributed by atoms with Gasteiger partial charge in [0, 0.05) is 17.8 Å². The van der Waals surface area contributed by atoms with Gasteiger partial charge in [-0.05, 0) is 48.0 Å². The van der Waals surface area contributed by atoms with E-state index in [-0.39, 0.29) is 16.5 Å². The summed E-state index contributed by atoms with van der Waals surface area (Å²) in [5.41, 5.74) is 1.66. The minimum Gasteiger partial charge on any atom is -0.497 e. The Kier molecular flexibility index (Phi) is 6.94. The third-order valence-corrected chi connectivity index (χ3v) is 5.69. The maximum absolute atomic E-state index is 12.7. The number of nitrogens with one attached hydrogen (secondary N) is 2. The lowest BCUT2D eigenvalue weighted by Gasteiger charge is -2.13. The smallest absolute Gasteiger partial charge is 0.262 e. The van der Waals surface area contributed by atoms with Gasteiger partial charge in [-0.3, -0.25) is 9.52 Å². The zero-order chi connectivity index (χ0) is 22.3. The number of hydrogen-bond acceptors (Lipinski definition) is 5. The van der Waals surface area contributed by atoms with E-state index in [0.717, 1.165) is 5.56 Å². The van der Waals surface area contributed by atoms with E-state index in [9.17, 15) is 13.2 Å². The summed E-state index contributed by atoms with van der Waals surface area (Å²) in [4.78, 5) is 12.1. The van der Waals surface area contributed by atoms with Gasteiger partial charge in [0.05, 0.1) is 24.8 Å². The number of methoxy groups -OCH3 is 2. The molecule has 3 rings (SSSR count). The molecule has 0 fully saturated rings. The van der Waals surface area contributed by atoms with Crippen molar-refractivity contribution in [3.8, 4) is 11.5 Å². The molecule has 160 valence electrons. The second kappa shape index (κ2) is 9.82. The van der Waals surface area contributed by atoms with E-state index in [1.165, 1.54) is 44.6 Å². The fraction of sp³-hybridized carbons (Fsp3) is 0.0870. The second-order valence-electron chi connectivity index (χ2n) is 6.43. The van der Waals surface area contributed by atoms with E-state index in [4.69, 9.17) is 9.47 Å². The zero-order valence-electron chi connectivity index (χ0n) is 17.0. The SMILES string of the molecule is COc1ccc(NS(=O)(=O)c2ccc(NC(=O)C=Cc3ccccc3)cc2)c(OC)c1. The maximum Gasteiger partial charge on any atom is 0.262 e. The third-order valence-electron chi connectivity index (χ3n) is 4.31. The van der Waals surface area contributed by atoms with Crippen molar-refractivity contribution < 1.29 is 22.7 Å². The van der Waals surface area contributed by atoms with Crippen LogP contribution in [0.5, 0.6) is 11.5 Å². The van der Waals surface area contributed by atoms with Gasteiger partial charge in [-0.15, -0.1) is 0 Å². The lowest BCUT2D eigenvalue weighted by Crippen LogP contribution is -2.14. The van der Waals surface area contributed by atoms with E-state index in [1.807, 2.05) is 30.3 Å². The molecule has 0 spiro atoms. The molecule has 0 aliphatic carbocycles. The highest BCUT2D eigenvalue weighted by Crippen LogP contribution is 2.31. The fourth-order valence-corrected chi connectivity index (χ4v) is 3.79. The van der Waals surface area contributed by atoms with Crippen LogP contribution in [0.4, 0.5) is 11.4 Å². The first kappa shape index (κ1) is 21.9. The number of benzene rings is 3. The molecule has 0 aliphatic rings. The molecular weight excluding hydrogens is 416 g/mol. The molecule has 2 N–H and O–H groups in total. The van der Waals surface area contributed by atoms with Crippen LogP contribution in [0, 0.1) is 0 Å². The number of rotatable bonds is 8. The Balaban J connectivity index is 1.69. The first-order valence-corrected chi connectivity index (χ1v) is 10.8. The van der Waals surface area contributed by atoms with E-state index < -0.39 is 10.0 Å². The summed E-state index contributed by atoms with van der Waals surface area (Å²) >= 11 is 0. The zero-order valence-corrected chi connectivity index (χ0v) is 17.8. The van der Waals surface area contributed by atoms with E-state index in [0.29, 0.717) is 17.2 Å². The van der Waals surface area contributed by atoms with Crippen molar-refractivity contribution in [1.29, 1.82) is 0 Å². The number of hydrogen-bond donors (Lipinski definition) is 2. The lowest BCUT2D eigenvalue weighted by molar-refractivity contribution is -0.111. The molecule has 0 atom stereocenters. The summed E-state index contributed by atoms with van der Waals surface area (Å²) < 4.78 is 38.3. The molecule has 0 aromatic heterocycles. The minimum atomic E-state index is -3.85. The van der Waals surface area contributed by atoms with Crippen LogP contribution in [-0.4, -0.2) is 28.5 Å². The summed E-state index contributed by atoms with van der Waals surface area (Å²) in [7, 11) is -0.903. The Morgan fingerprint density at radius 2 is 1.61 bits per heavy atom. The number of carbonyl (C=O) groups is 1. The molecule has 3 aromatic carbocycles. The average Bonchev–Trinajstić information content (AvgIpc) is 2.79. The van der Waals surface area contributed by atoms with Gasteiger partial charge in [-0.2, -0.15) is 0 Å². The number of carbonyl (C=O) groups excluding carboxylic acids is 1. The number of ether oxygens (including phenoxy) is 2.